The van der Waals surface area contributed by atoms with Crippen LogP contribution in [0.15, 0.2) is 60.8 Å². The molecule has 3 fully saturated rings. The van der Waals surface area contributed by atoms with Crippen LogP contribution in [0, 0.1) is 29.6 Å². The van der Waals surface area contributed by atoms with E-state index in [-0.39, 0.29) is 61.0 Å². The second kappa shape index (κ2) is 22.8. The van der Waals surface area contributed by atoms with E-state index in [1.807, 2.05) is 52.8 Å². The number of amides is 4. The van der Waals surface area contributed by atoms with Crippen molar-refractivity contribution in [3.63, 3.8) is 0 Å². The molecule has 72 heavy (non-hydrogen) atoms. The molecule has 5 atom stereocenters. The molecule has 0 spiro atoms. The highest BCUT2D eigenvalue weighted by atomic mass is 16.6. The van der Waals surface area contributed by atoms with E-state index in [0.29, 0.717) is 65.2 Å². The average Bonchev–Trinajstić information content (AvgIpc) is 3.98. The SMILES string of the molecule is CCn1c(-c2cccnc2[C@H](C)OC)c2c3cc(ccc31)-c1cccc(c1)C[C@H](NC(=O)[C@H](C(C)C)N(C)C(=O)[C@H]1CCN(C(=O)C#CCN3CCOCC3)C1)C(=O)N1CCC[C@H](CC(=O)OC(C)(C)C2)C1. The number of cyclic esters (lactones) is 1. The maximum Gasteiger partial charge on any atom is 0.306 e. The summed E-state index contributed by atoms with van der Waals surface area (Å²) in [5, 5.41) is 4.18. The summed E-state index contributed by atoms with van der Waals surface area (Å²) in [6, 6.07) is 16.8. The molecule has 1 N–H and O–H groups in total. The van der Waals surface area contributed by atoms with Crippen LogP contribution in [0.25, 0.3) is 33.3 Å². The van der Waals surface area contributed by atoms with E-state index in [2.05, 4.69) is 69.9 Å². The second-order valence-electron chi connectivity index (χ2n) is 21.1. The molecular weight excluding hydrogens is 911 g/mol. The lowest BCUT2D eigenvalue weighted by Gasteiger charge is -2.37. The number of nitrogens with zero attached hydrogens (tertiary/aromatic N) is 6. The minimum absolute atomic E-state index is 0.140. The Labute approximate surface area is 424 Å². The maximum absolute atomic E-state index is 14.9. The van der Waals surface area contributed by atoms with Gasteiger partial charge in [0.25, 0.3) is 5.91 Å². The zero-order valence-electron chi connectivity index (χ0n) is 43.5. The molecule has 4 aliphatic heterocycles. The van der Waals surface area contributed by atoms with Gasteiger partial charge < -0.3 is 38.8 Å². The van der Waals surface area contributed by atoms with Crippen molar-refractivity contribution >= 4 is 40.5 Å². The first-order chi connectivity index (χ1) is 34.5. The third-order valence-corrected chi connectivity index (χ3v) is 15.0. The highest BCUT2D eigenvalue weighted by Crippen LogP contribution is 2.41. The van der Waals surface area contributed by atoms with E-state index in [1.165, 1.54) is 4.90 Å². The lowest BCUT2D eigenvalue weighted by molar-refractivity contribution is -0.158. The van der Waals surface area contributed by atoms with Gasteiger partial charge in [-0.25, -0.2) is 0 Å². The number of likely N-dealkylation sites (N-methyl/N-ethyl adjacent to an activating group) is 1. The third-order valence-electron chi connectivity index (χ3n) is 15.0. The van der Waals surface area contributed by atoms with Gasteiger partial charge in [0, 0.05) is 95.5 Å². The molecule has 3 saturated heterocycles. The number of ether oxygens (including phenoxy) is 3. The molecule has 4 amide bonds. The van der Waals surface area contributed by atoms with Crippen LogP contribution in [-0.2, 0) is 57.6 Å². The number of methoxy groups -OCH3 is 1. The first-order valence-corrected chi connectivity index (χ1v) is 25.9. The minimum atomic E-state index is -0.963. The fourth-order valence-corrected chi connectivity index (χ4v) is 11.3. The van der Waals surface area contributed by atoms with E-state index in [9.17, 15) is 24.0 Å². The molecule has 0 unspecified atom stereocenters. The summed E-state index contributed by atoms with van der Waals surface area (Å²) in [5.74, 6) is 3.29. The summed E-state index contributed by atoms with van der Waals surface area (Å²) in [4.78, 5) is 82.8. The molecule has 0 aliphatic carbocycles. The molecule has 384 valence electrons. The number of hydrogen-bond donors (Lipinski definition) is 1. The van der Waals surface area contributed by atoms with Gasteiger partial charge in [0.15, 0.2) is 0 Å². The van der Waals surface area contributed by atoms with Gasteiger partial charge in [-0.1, -0.05) is 50.1 Å². The smallest absolute Gasteiger partial charge is 0.306 e. The normalized spacial score (nSPS) is 21.6. The Morgan fingerprint density at radius 2 is 1.74 bits per heavy atom. The van der Waals surface area contributed by atoms with Crippen LogP contribution >= 0.6 is 0 Å². The molecule has 15 heteroatoms. The van der Waals surface area contributed by atoms with Crippen LogP contribution in [0.2, 0.25) is 0 Å². The van der Waals surface area contributed by atoms with Gasteiger partial charge in [-0.15, -0.1) is 0 Å². The summed E-state index contributed by atoms with van der Waals surface area (Å²) in [7, 11) is 3.32. The van der Waals surface area contributed by atoms with Crippen LogP contribution in [0.3, 0.4) is 0 Å². The molecule has 6 heterocycles. The molecule has 15 nitrogen and oxygen atoms in total. The van der Waals surface area contributed by atoms with Gasteiger partial charge in [-0.3, -0.25) is 33.9 Å². The van der Waals surface area contributed by atoms with Crippen LogP contribution in [0.5, 0.6) is 0 Å². The van der Waals surface area contributed by atoms with Crippen LogP contribution in [0.1, 0.15) is 90.2 Å². The van der Waals surface area contributed by atoms with Gasteiger partial charge in [0.05, 0.1) is 49.6 Å². The number of hydrogen-bond acceptors (Lipinski definition) is 10. The number of piperidine rings is 1. The Hall–Kier alpha value is -6.08. The number of nitrogens with one attached hydrogen (secondary N) is 1. The lowest BCUT2D eigenvalue weighted by atomic mass is 9.90. The van der Waals surface area contributed by atoms with Gasteiger partial charge in [-0.05, 0) is 111 Å². The topological polar surface area (TPSA) is 156 Å². The standard InChI is InChI=1S/C57H73N7O8/c1-9-64-48-20-19-42-33-45(48)46(53(64)44-17-11-22-58-51(44)38(4)70-8)34-57(5,6)72-50(66)32-40-15-12-24-63(35-40)56(69)47(31-39-14-10-16-41(42)30-39)59-54(67)52(37(2)3)60(7)55(68)43-21-25-62(36-43)49(65)18-13-23-61-26-28-71-29-27-61/h10-11,14,16-17,19-20,22,30,33,37-38,40,43,47,52H,9,12,15,21,23-29,31-32,34-36H2,1-8H3,(H,59,67)/t38-,40+,43-,47-,52-/m0/s1. The zero-order valence-corrected chi connectivity index (χ0v) is 43.5. The van der Waals surface area contributed by atoms with Gasteiger partial charge in [-0.2, -0.15) is 0 Å². The number of pyridine rings is 1. The van der Waals surface area contributed by atoms with Crippen molar-refractivity contribution in [3.8, 4) is 34.2 Å². The number of carbonyl (C=O) groups is 5. The first-order valence-electron chi connectivity index (χ1n) is 25.9. The molecule has 0 radical (unpaired) electrons. The second-order valence-corrected chi connectivity index (χ2v) is 21.1. The molecule has 2 aromatic carbocycles. The molecule has 4 aromatic rings. The summed E-state index contributed by atoms with van der Waals surface area (Å²) in [5.41, 5.74) is 6.76. The number of carbonyl (C=O) groups excluding carboxylic acids is 5. The summed E-state index contributed by atoms with van der Waals surface area (Å²) in [6.45, 7) is 17.3. The fourth-order valence-electron chi connectivity index (χ4n) is 11.3. The lowest BCUT2D eigenvalue weighted by Crippen LogP contribution is -2.58. The molecular formula is C57H73N7O8. The number of aromatic nitrogens is 2. The predicted molar refractivity (Wildman–Crippen MR) is 276 cm³/mol. The number of morpholine rings is 1. The van der Waals surface area contributed by atoms with Crippen molar-refractivity contribution in [2.45, 2.75) is 110 Å². The number of rotatable bonds is 10. The Bertz CT molecular complexity index is 2710. The Kier molecular flexibility index (Phi) is 16.5. The van der Waals surface area contributed by atoms with Crippen LogP contribution in [-0.4, -0.2) is 150 Å². The van der Waals surface area contributed by atoms with E-state index in [1.54, 1.807) is 30.2 Å². The van der Waals surface area contributed by atoms with Gasteiger partial charge in [0.2, 0.25) is 17.7 Å². The molecule has 6 bridgehead atoms. The van der Waals surface area contributed by atoms with Crippen molar-refractivity contribution < 1.29 is 38.2 Å². The Morgan fingerprint density at radius 1 is 0.958 bits per heavy atom. The molecule has 4 aliphatic rings. The Morgan fingerprint density at radius 3 is 2.49 bits per heavy atom. The number of fused-ring (bicyclic) bond motifs is 6. The van der Waals surface area contributed by atoms with E-state index in [4.69, 9.17) is 19.2 Å². The molecule has 2 aromatic heterocycles. The van der Waals surface area contributed by atoms with Gasteiger partial charge >= 0.3 is 5.97 Å². The van der Waals surface area contributed by atoms with Crippen molar-refractivity contribution in [2.24, 2.45) is 17.8 Å². The minimum Gasteiger partial charge on any atom is -0.459 e. The quantitative estimate of drug-likeness (QED) is 0.142. The number of likely N-dealkylation sites (tertiary alicyclic amines) is 1. The summed E-state index contributed by atoms with van der Waals surface area (Å²) in [6.07, 6.45) is 4.22. The van der Waals surface area contributed by atoms with Crippen LogP contribution < -0.4 is 5.32 Å². The monoisotopic (exact) mass is 984 g/mol. The third kappa shape index (κ3) is 11.7. The predicted octanol–water partition coefficient (Wildman–Crippen LogP) is 6.30. The van der Waals surface area contributed by atoms with Crippen molar-refractivity contribution in [1.82, 2.24) is 34.5 Å². The van der Waals surface area contributed by atoms with E-state index < -0.39 is 29.5 Å². The van der Waals surface area contributed by atoms with Crippen molar-refractivity contribution in [3.05, 3.63) is 77.6 Å². The molecule has 8 rings (SSSR count). The molecule has 0 saturated carbocycles. The highest BCUT2D eigenvalue weighted by Gasteiger charge is 2.40. The number of aryl methyl sites for hydroxylation is 1. The number of esters is 1. The van der Waals surface area contributed by atoms with Crippen molar-refractivity contribution in [2.75, 3.05) is 73.2 Å². The van der Waals surface area contributed by atoms with E-state index >= 15 is 0 Å². The maximum atomic E-state index is 14.9. The summed E-state index contributed by atoms with van der Waals surface area (Å²) < 4.78 is 20.0. The Balaban J connectivity index is 1.10. The zero-order chi connectivity index (χ0) is 51.3. The average molecular weight is 984 g/mol. The first kappa shape index (κ1) is 52.2. The van der Waals surface area contributed by atoms with Crippen molar-refractivity contribution in [1.29, 1.82) is 0 Å². The van der Waals surface area contributed by atoms with E-state index in [0.717, 1.165) is 69.6 Å². The van der Waals surface area contributed by atoms with Gasteiger partial charge in [0.1, 0.15) is 17.7 Å². The highest BCUT2D eigenvalue weighted by molar-refractivity contribution is 5.97. The number of benzene rings is 2. The summed E-state index contributed by atoms with van der Waals surface area (Å²) >= 11 is 0. The largest absolute Gasteiger partial charge is 0.459 e. The van der Waals surface area contributed by atoms with Crippen LogP contribution in [0.4, 0.5) is 0 Å². The fraction of sp³-hybridized carbons (Fsp3) is 0.544.